The number of carbonyl (C=O) groups excluding carboxylic acids is 3. The van der Waals surface area contributed by atoms with Gasteiger partial charge in [-0.05, 0) is 89.9 Å². The maximum absolute atomic E-state index is 12.8. The number of allylic oxidation sites excluding steroid dienone is 12. The molecule has 0 aromatic heterocycles. The maximum Gasteiger partial charge on any atom is 0.306 e. The van der Waals surface area contributed by atoms with Crippen molar-refractivity contribution >= 4 is 17.9 Å². The van der Waals surface area contributed by atoms with E-state index in [1.807, 2.05) is 0 Å². The van der Waals surface area contributed by atoms with Gasteiger partial charge in [-0.2, -0.15) is 0 Å². The molecule has 0 fully saturated rings. The zero-order valence-corrected chi connectivity index (χ0v) is 49.8. The number of esters is 3. The highest BCUT2D eigenvalue weighted by Gasteiger charge is 2.19. The molecule has 0 aliphatic heterocycles. The van der Waals surface area contributed by atoms with Gasteiger partial charge in [0.2, 0.25) is 0 Å². The van der Waals surface area contributed by atoms with Crippen molar-refractivity contribution < 1.29 is 28.6 Å². The minimum atomic E-state index is -0.771. The average Bonchev–Trinajstić information content (AvgIpc) is 3.41. The molecule has 0 N–H and O–H groups in total. The Morgan fingerprint density at radius 2 is 0.520 bits per heavy atom. The summed E-state index contributed by atoms with van der Waals surface area (Å²) in [5, 5.41) is 0. The molecule has 0 aliphatic rings. The van der Waals surface area contributed by atoms with Crippen LogP contribution in [0.5, 0.6) is 0 Å². The minimum absolute atomic E-state index is 0.0729. The molecule has 0 radical (unpaired) electrons. The average molecular weight is 1050 g/mol. The standard InChI is InChI=1S/C69H122O6/c1-4-7-10-13-15-17-19-21-23-25-27-28-29-30-31-32-33-34-35-36-37-38-39-40-42-43-45-47-49-51-53-56-59-62-68(71)74-65-66(64-73-67(70)61-58-55-12-9-6-3)75-69(72)63-60-57-54-52-50-48-46-44-41-26-24-22-20-18-16-14-11-8-5-2/h7,10,15-18,21-24,27-28,66H,4-6,8-9,11-14,19-20,25-26,29-65H2,1-3H3/b10-7-,17-15-,18-16-,23-21-,24-22-,28-27-. The van der Waals surface area contributed by atoms with Crippen molar-refractivity contribution in [3.8, 4) is 0 Å². The summed E-state index contributed by atoms with van der Waals surface area (Å²) in [5.74, 6) is -0.877. The largest absolute Gasteiger partial charge is 0.462 e. The Morgan fingerprint density at radius 1 is 0.280 bits per heavy atom. The fraction of sp³-hybridized carbons (Fsp3) is 0.783. The number of carbonyl (C=O) groups is 3. The van der Waals surface area contributed by atoms with Gasteiger partial charge in [0, 0.05) is 19.3 Å². The number of ether oxygens (including phenoxy) is 3. The Morgan fingerprint density at radius 3 is 0.840 bits per heavy atom. The molecule has 0 rings (SSSR count). The van der Waals surface area contributed by atoms with Gasteiger partial charge in [0.25, 0.3) is 0 Å². The van der Waals surface area contributed by atoms with Crippen LogP contribution < -0.4 is 0 Å². The first-order valence-corrected chi connectivity index (χ1v) is 32.4. The van der Waals surface area contributed by atoms with Gasteiger partial charge >= 0.3 is 17.9 Å². The monoisotopic (exact) mass is 1050 g/mol. The highest BCUT2D eigenvalue weighted by molar-refractivity contribution is 5.71. The van der Waals surface area contributed by atoms with Crippen LogP contribution in [-0.4, -0.2) is 37.2 Å². The van der Waals surface area contributed by atoms with Crippen LogP contribution in [0.15, 0.2) is 72.9 Å². The van der Waals surface area contributed by atoms with E-state index >= 15 is 0 Å². The van der Waals surface area contributed by atoms with Gasteiger partial charge in [-0.1, -0.05) is 293 Å². The molecule has 6 nitrogen and oxygen atoms in total. The third-order valence-electron chi connectivity index (χ3n) is 14.2. The van der Waals surface area contributed by atoms with E-state index in [2.05, 4.69) is 93.7 Å². The van der Waals surface area contributed by atoms with Gasteiger partial charge in [-0.3, -0.25) is 14.4 Å². The Labute approximate surface area is 465 Å². The number of unbranched alkanes of at least 4 members (excludes halogenated alkanes) is 36. The van der Waals surface area contributed by atoms with E-state index in [0.717, 1.165) is 96.3 Å². The van der Waals surface area contributed by atoms with E-state index in [-0.39, 0.29) is 31.1 Å². The summed E-state index contributed by atoms with van der Waals surface area (Å²) in [6.07, 6.45) is 82.6. The summed E-state index contributed by atoms with van der Waals surface area (Å²) in [5.41, 5.74) is 0. The van der Waals surface area contributed by atoms with Crippen LogP contribution in [0.4, 0.5) is 0 Å². The Balaban J connectivity index is 3.93. The summed E-state index contributed by atoms with van der Waals surface area (Å²) < 4.78 is 16.8. The Hall–Kier alpha value is -3.15. The van der Waals surface area contributed by atoms with Crippen LogP contribution in [0.2, 0.25) is 0 Å². The predicted molar refractivity (Wildman–Crippen MR) is 325 cm³/mol. The van der Waals surface area contributed by atoms with Gasteiger partial charge in [0.1, 0.15) is 13.2 Å². The third-order valence-corrected chi connectivity index (χ3v) is 14.2. The van der Waals surface area contributed by atoms with E-state index in [9.17, 15) is 14.4 Å². The lowest BCUT2D eigenvalue weighted by molar-refractivity contribution is -0.167. The van der Waals surface area contributed by atoms with Gasteiger partial charge in [-0.15, -0.1) is 0 Å². The molecule has 0 saturated heterocycles. The van der Waals surface area contributed by atoms with E-state index < -0.39 is 6.10 Å². The first-order chi connectivity index (χ1) is 37.0. The molecule has 1 unspecified atom stereocenters. The highest BCUT2D eigenvalue weighted by Crippen LogP contribution is 2.17. The quantitative estimate of drug-likeness (QED) is 0.0261. The van der Waals surface area contributed by atoms with Gasteiger partial charge < -0.3 is 14.2 Å². The molecule has 0 heterocycles. The normalized spacial score (nSPS) is 12.5. The van der Waals surface area contributed by atoms with Crippen molar-refractivity contribution in [2.75, 3.05) is 13.2 Å². The summed E-state index contributed by atoms with van der Waals surface area (Å²) in [4.78, 5) is 37.9. The molecule has 0 aromatic rings. The molecule has 0 amide bonds. The van der Waals surface area contributed by atoms with Crippen molar-refractivity contribution in [3.05, 3.63) is 72.9 Å². The summed E-state index contributed by atoms with van der Waals surface area (Å²) >= 11 is 0. The molecule has 0 aliphatic carbocycles. The van der Waals surface area contributed by atoms with Crippen LogP contribution in [0, 0.1) is 0 Å². The SMILES string of the molecule is CC/C=C\C/C=C\C/C=C\C/C=C\CCCCCCCCCCCCCCCCCCCCCCC(=O)OCC(COC(=O)CCCCCCC)OC(=O)CCCCCCCCCCC/C=C\C/C=C\CCCCC. The summed E-state index contributed by atoms with van der Waals surface area (Å²) in [6, 6.07) is 0. The minimum Gasteiger partial charge on any atom is -0.462 e. The predicted octanol–water partition coefficient (Wildman–Crippen LogP) is 22.1. The zero-order chi connectivity index (χ0) is 54.3. The van der Waals surface area contributed by atoms with Crippen LogP contribution in [0.3, 0.4) is 0 Å². The molecule has 0 bridgehead atoms. The van der Waals surface area contributed by atoms with Crippen molar-refractivity contribution in [3.63, 3.8) is 0 Å². The fourth-order valence-electron chi connectivity index (χ4n) is 9.35. The van der Waals surface area contributed by atoms with E-state index in [4.69, 9.17) is 14.2 Å². The molecule has 1 atom stereocenters. The Kier molecular flexibility index (Phi) is 60.7. The highest BCUT2D eigenvalue weighted by atomic mass is 16.6. The number of hydrogen-bond acceptors (Lipinski definition) is 6. The topological polar surface area (TPSA) is 78.9 Å². The molecule has 0 spiro atoms. The second-order valence-electron chi connectivity index (χ2n) is 21.6. The third kappa shape index (κ3) is 61.6. The fourth-order valence-corrected chi connectivity index (χ4v) is 9.35. The van der Waals surface area contributed by atoms with E-state index in [1.54, 1.807) is 0 Å². The zero-order valence-electron chi connectivity index (χ0n) is 49.8. The van der Waals surface area contributed by atoms with Crippen molar-refractivity contribution in [1.82, 2.24) is 0 Å². The van der Waals surface area contributed by atoms with Crippen molar-refractivity contribution in [2.45, 2.75) is 335 Å². The molecular weight excluding hydrogens is 925 g/mol. The van der Waals surface area contributed by atoms with Crippen molar-refractivity contribution in [1.29, 1.82) is 0 Å². The lowest BCUT2D eigenvalue weighted by Gasteiger charge is -2.18. The van der Waals surface area contributed by atoms with E-state index in [1.165, 1.54) is 193 Å². The molecule has 0 saturated carbocycles. The van der Waals surface area contributed by atoms with Crippen LogP contribution >= 0.6 is 0 Å². The molecule has 0 aromatic carbocycles. The molecule has 6 heteroatoms. The molecule has 434 valence electrons. The van der Waals surface area contributed by atoms with Crippen LogP contribution in [0.25, 0.3) is 0 Å². The number of hydrogen-bond donors (Lipinski definition) is 0. The van der Waals surface area contributed by atoms with Gasteiger partial charge in [0.15, 0.2) is 6.10 Å². The van der Waals surface area contributed by atoms with Gasteiger partial charge in [0.05, 0.1) is 0 Å². The smallest absolute Gasteiger partial charge is 0.306 e. The number of rotatable bonds is 59. The lowest BCUT2D eigenvalue weighted by Crippen LogP contribution is -2.30. The summed E-state index contributed by atoms with van der Waals surface area (Å²) in [7, 11) is 0. The second kappa shape index (κ2) is 63.4. The summed E-state index contributed by atoms with van der Waals surface area (Å²) in [6.45, 7) is 6.45. The lowest BCUT2D eigenvalue weighted by atomic mass is 10.0. The van der Waals surface area contributed by atoms with Gasteiger partial charge in [-0.25, -0.2) is 0 Å². The first-order valence-electron chi connectivity index (χ1n) is 32.4. The second-order valence-corrected chi connectivity index (χ2v) is 21.6. The first kappa shape index (κ1) is 71.8. The Bertz CT molecular complexity index is 1390. The van der Waals surface area contributed by atoms with E-state index in [0.29, 0.717) is 19.3 Å². The molecule has 75 heavy (non-hydrogen) atoms. The maximum atomic E-state index is 12.8. The van der Waals surface area contributed by atoms with Crippen LogP contribution in [-0.2, 0) is 28.6 Å². The molecular formula is C69H122O6. The van der Waals surface area contributed by atoms with Crippen molar-refractivity contribution in [2.24, 2.45) is 0 Å². The van der Waals surface area contributed by atoms with Crippen LogP contribution in [0.1, 0.15) is 329 Å².